The van der Waals surface area contributed by atoms with Gasteiger partial charge < -0.3 is 9.35 Å². The van der Waals surface area contributed by atoms with Gasteiger partial charge in [0.2, 0.25) is 0 Å². The SMILES string of the molecule is CC(CC=O)C(C)S(=O)O. The quantitative estimate of drug-likeness (QED) is 0.494. The zero-order chi connectivity index (χ0) is 8.15. The number of aldehydes is 1. The van der Waals surface area contributed by atoms with E-state index in [9.17, 15) is 9.00 Å². The molecule has 4 heteroatoms. The molecule has 3 unspecified atom stereocenters. The molecule has 0 aromatic heterocycles. The number of rotatable bonds is 4. The van der Waals surface area contributed by atoms with E-state index in [4.69, 9.17) is 4.55 Å². The highest BCUT2D eigenvalue weighted by molar-refractivity contribution is 7.79. The predicted molar refractivity (Wildman–Crippen MR) is 40.1 cm³/mol. The smallest absolute Gasteiger partial charge is 0.155 e. The molecule has 0 aliphatic heterocycles. The molecule has 0 aliphatic carbocycles. The minimum atomic E-state index is -1.80. The molecule has 0 radical (unpaired) electrons. The zero-order valence-electron chi connectivity index (χ0n) is 6.11. The Hall–Kier alpha value is -0.220. The van der Waals surface area contributed by atoms with Crippen molar-refractivity contribution in [3.05, 3.63) is 0 Å². The first-order chi connectivity index (χ1) is 4.59. The minimum Gasteiger partial charge on any atom is -0.306 e. The van der Waals surface area contributed by atoms with Crippen LogP contribution in [-0.2, 0) is 15.9 Å². The lowest BCUT2D eigenvalue weighted by Crippen LogP contribution is -2.19. The Morgan fingerprint density at radius 1 is 1.60 bits per heavy atom. The van der Waals surface area contributed by atoms with Gasteiger partial charge in [-0.05, 0) is 12.8 Å². The Morgan fingerprint density at radius 3 is 2.40 bits per heavy atom. The topological polar surface area (TPSA) is 54.4 Å². The fraction of sp³-hybridized carbons (Fsp3) is 0.833. The molecule has 0 aliphatic rings. The van der Waals surface area contributed by atoms with Crippen LogP contribution >= 0.6 is 0 Å². The Balaban J connectivity index is 3.80. The van der Waals surface area contributed by atoms with Crippen LogP contribution in [0.1, 0.15) is 20.3 Å². The predicted octanol–water partition coefficient (Wildman–Crippen LogP) is 0.822. The number of hydrogen-bond donors (Lipinski definition) is 1. The molecule has 0 heterocycles. The maximum atomic E-state index is 10.4. The van der Waals surface area contributed by atoms with E-state index in [0.717, 1.165) is 6.29 Å². The molecule has 0 aromatic carbocycles. The monoisotopic (exact) mass is 164 g/mol. The molecule has 0 saturated heterocycles. The van der Waals surface area contributed by atoms with Gasteiger partial charge in [-0.3, -0.25) is 0 Å². The van der Waals surface area contributed by atoms with E-state index in [1.54, 1.807) is 13.8 Å². The van der Waals surface area contributed by atoms with Crippen LogP contribution in [0.15, 0.2) is 0 Å². The van der Waals surface area contributed by atoms with Crippen molar-refractivity contribution in [2.45, 2.75) is 25.5 Å². The maximum absolute atomic E-state index is 10.4. The third-order valence-electron chi connectivity index (χ3n) is 1.59. The molecule has 3 nitrogen and oxygen atoms in total. The first-order valence-corrected chi connectivity index (χ1v) is 4.30. The molecular weight excluding hydrogens is 152 g/mol. The summed E-state index contributed by atoms with van der Waals surface area (Å²) in [6.45, 7) is 3.44. The largest absolute Gasteiger partial charge is 0.306 e. The van der Waals surface area contributed by atoms with Crippen LogP contribution in [0.25, 0.3) is 0 Å². The Morgan fingerprint density at radius 2 is 2.10 bits per heavy atom. The van der Waals surface area contributed by atoms with Crippen molar-refractivity contribution >= 4 is 17.4 Å². The molecule has 3 atom stereocenters. The Labute approximate surface area is 63.1 Å². The van der Waals surface area contributed by atoms with Crippen LogP contribution in [0.5, 0.6) is 0 Å². The van der Waals surface area contributed by atoms with Crippen molar-refractivity contribution in [1.29, 1.82) is 0 Å². The lowest BCUT2D eigenvalue weighted by molar-refractivity contribution is -0.108. The lowest BCUT2D eigenvalue weighted by Gasteiger charge is -2.12. The summed E-state index contributed by atoms with van der Waals surface area (Å²) in [6, 6.07) is 0. The van der Waals surface area contributed by atoms with Gasteiger partial charge in [-0.2, -0.15) is 0 Å². The average Bonchev–Trinajstić information content (AvgIpc) is 1.87. The van der Waals surface area contributed by atoms with Crippen LogP contribution in [0.2, 0.25) is 0 Å². The van der Waals surface area contributed by atoms with Crippen molar-refractivity contribution in [1.82, 2.24) is 0 Å². The molecule has 10 heavy (non-hydrogen) atoms. The Kier molecular flexibility index (Phi) is 4.47. The van der Waals surface area contributed by atoms with Gasteiger partial charge in [0.05, 0.1) is 5.25 Å². The molecule has 0 saturated carbocycles. The second-order valence-corrected chi connectivity index (χ2v) is 3.66. The van der Waals surface area contributed by atoms with E-state index in [-0.39, 0.29) is 11.2 Å². The summed E-state index contributed by atoms with van der Waals surface area (Å²) in [5.74, 6) is -0.0108. The summed E-state index contributed by atoms with van der Waals surface area (Å²) >= 11 is -1.80. The number of carbonyl (C=O) groups is 1. The molecular formula is C6H12O3S. The van der Waals surface area contributed by atoms with E-state index >= 15 is 0 Å². The number of carbonyl (C=O) groups excluding carboxylic acids is 1. The lowest BCUT2D eigenvalue weighted by atomic mass is 10.1. The van der Waals surface area contributed by atoms with Crippen LogP contribution in [0.3, 0.4) is 0 Å². The van der Waals surface area contributed by atoms with Gasteiger partial charge in [0.1, 0.15) is 6.29 Å². The molecule has 0 rings (SSSR count). The third kappa shape index (κ3) is 3.08. The molecule has 0 aromatic rings. The van der Waals surface area contributed by atoms with Crippen LogP contribution in [-0.4, -0.2) is 20.3 Å². The summed E-state index contributed by atoms with van der Waals surface area (Å²) in [6.07, 6.45) is 1.13. The van der Waals surface area contributed by atoms with E-state index < -0.39 is 11.1 Å². The molecule has 0 bridgehead atoms. The van der Waals surface area contributed by atoms with E-state index in [2.05, 4.69) is 0 Å². The standard InChI is InChI=1S/C6H12O3S/c1-5(3-4-7)6(2)10(8)9/h4-6H,3H2,1-2H3,(H,8,9). The first-order valence-electron chi connectivity index (χ1n) is 3.13. The van der Waals surface area contributed by atoms with Crippen LogP contribution in [0.4, 0.5) is 0 Å². The van der Waals surface area contributed by atoms with Crippen molar-refractivity contribution in [2.24, 2.45) is 5.92 Å². The fourth-order valence-electron chi connectivity index (χ4n) is 0.542. The summed E-state index contributed by atoms with van der Waals surface area (Å²) in [5.41, 5.74) is 0. The fourth-order valence-corrected chi connectivity index (χ4v) is 1.05. The first kappa shape index (κ1) is 9.78. The van der Waals surface area contributed by atoms with Gasteiger partial charge in [-0.25, -0.2) is 4.21 Å². The van der Waals surface area contributed by atoms with Gasteiger partial charge in [-0.1, -0.05) is 6.92 Å². The second kappa shape index (κ2) is 4.57. The van der Waals surface area contributed by atoms with Gasteiger partial charge in [0, 0.05) is 6.42 Å². The highest BCUT2D eigenvalue weighted by Gasteiger charge is 2.16. The third-order valence-corrected chi connectivity index (χ3v) is 2.69. The highest BCUT2D eigenvalue weighted by Crippen LogP contribution is 2.10. The molecule has 1 N–H and O–H groups in total. The van der Waals surface area contributed by atoms with Gasteiger partial charge in [-0.15, -0.1) is 0 Å². The van der Waals surface area contributed by atoms with E-state index in [1.807, 2.05) is 0 Å². The molecule has 60 valence electrons. The van der Waals surface area contributed by atoms with Gasteiger partial charge >= 0.3 is 0 Å². The van der Waals surface area contributed by atoms with Crippen molar-refractivity contribution in [2.75, 3.05) is 0 Å². The molecule has 0 spiro atoms. The van der Waals surface area contributed by atoms with Crippen molar-refractivity contribution in [3.8, 4) is 0 Å². The molecule has 0 amide bonds. The van der Waals surface area contributed by atoms with Crippen LogP contribution < -0.4 is 0 Å². The normalized spacial score (nSPS) is 19.5. The van der Waals surface area contributed by atoms with Crippen molar-refractivity contribution in [3.63, 3.8) is 0 Å². The van der Waals surface area contributed by atoms with Crippen molar-refractivity contribution < 1.29 is 13.6 Å². The Bertz CT molecular complexity index is 135. The molecule has 0 fully saturated rings. The van der Waals surface area contributed by atoms with Gasteiger partial charge in [0.25, 0.3) is 0 Å². The maximum Gasteiger partial charge on any atom is 0.155 e. The second-order valence-electron chi connectivity index (χ2n) is 2.36. The minimum absolute atomic E-state index is 0.0108. The van der Waals surface area contributed by atoms with Gasteiger partial charge in [0.15, 0.2) is 11.1 Å². The summed E-state index contributed by atoms with van der Waals surface area (Å²) in [7, 11) is 0. The van der Waals surface area contributed by atoms with Crippen LogP contribution in [0, 0.1) is 5.92 Å². The summed E-state index contributed by atoms with van der Waals surface area (Å²) in [5, 5.41) is -0.315. The average molecular weight is 164 g/mol. The summed E-state index contributed by atoms with van der Waals surface area (Å²) in [4.78, 5) is 9.96. The van der Waals surface area contributed by atoms with E-state index in [0.29, 0.717) is 6.42 Å². The highest BCUT2D eigenvalue weighted by atomic mass is 32.2. The van der Waals surface area contributed by atoms with E-state index in [1.165, 1.54) is 0 Å². The number of hydrogen-bond acceptors (Lipinski definition) is 2. The summed E-state index contributed by atoms with van der Waals surface area (Å²) < 4.78 is 19.0. The zero-order valence-corrected chi connectivity index (χ0v) is 6.93.